The predicted molar refractivity (Wildman–Crippen MR) is 114 cm³/mol. The lowest BCUT2D eigenvalue weighted by Crippen LogP contribution is -2.47. The Morgan fingerprint density at radius 1 is 1.07 bits per heavy atom. The van der Waals surface area contributed by atoms with Gasteiger partial charge < -0.3 is 15.0 Å². The molecule has 1 unspecified atom stereocenters. The topological polar surface area (TPSA) is 58.6 Å². The van der Waals surface area contributed by atoms with Gasteiger partial charge in [0.05, 0.1) is 12.9 Å². The van der Waals surface area contributed by atoms with Crippen molar-refractivity contribution in [3.8, 4) is 5.75 Å². The summed E-state index contributed by atoms with van der Waals surface area (Å²) in [4.78, 5) is 26.6. The van der Waals surface area contributed by atoms with Gasteiger partial charge in [0.15, 0.2) is 0 Å². The van der Waals surface area contributed by atoms with Gasteiger partial charge in [-0.1, -0.05) is 42.0 Å². The molecule has 0 saturated heterocycles. The average molecular weight is 401 g/mol. The van der Waals surface area contributed by atoms with Crippen LogP contribution >= 0.6 is 11.8 Å². The number of amides is 2. The Kier molecular flexibility index (Phi) is 8.39. The zero-order valence-corrected chi connectivity index (χ0v) is 17.7. The summed E-state index contributed by atoms with van der Waals surface area (Å²) < 4.78 is 5.18. The molecule has 0 aromatic heterocycles. The van der Waals surface area contributed by atoms with E-state index < -0.39 is 6.04 Å². The number of methoxy groups -OCH3 is 1. The standard InChI is InChI=1S/C22H28N2O3S/c1-16-5-7-19(8-6-16)14-28-15-21(25)24(17(2)22(26)23-3)13-18-9-11-20(27-4)12-10-18/h5-12,17H,13-15H2,1-4H3,(H,23,26). The zero-order chi connectivity index (χ0) is 20.5. The van der Waals surface area contributed by atoms with Gasteiger partial charge in [0.25, 0.3) is 0 Å². The van der Waals surface area contributed by atoms with Crippen LogP contribution in [0.25, 0.3) is 0 Å². The number of carbonyl (C=O) groups is 2. The number of nitrogens with zero attached hydrogens (tertiary/aromatic N) is 1. The van der Waals surface area contributed by atoms with E-state index in [0.29, 0.717) is 12.3 Å². The third-order valence-corrected chi connectivity index (χ3v) is 5.53. The predicted octanol–water partition coefficient (Wildman–Crippen LogP) is 3.40. The lowest BCUT2D eigenvalue weighted by atomic mass is 10.1. The fraction of sp³-hybridized carbons (Fsp3) is 0.364. The Morgan fingerprint density at radius 3 is 2.25 bits per heavy atom. The summed E-state index contributed by atoms with van der Waals surface area (Å²) in [5, 5.41) is 2.63. The van der Waals surface area contributed by atoms with Crippen LogP contribution in [0.15, 0.2) is 48.5 Å². The third kappa shape index (κ3) is 6.30. The summed E-state index contributed by atoms with van der Waals surface area (Å²) >= 11 is 1.56. The number of ether oxygens (including phenoxy) is 1. The number of hydrogen-bond donors (Lipinski definition) is 1. The quantitative estimate of drug-likeness (QED) is 0.701. The smallest absolute Gasteiger partial charge is 0.242 e. The highest BCUT2D eigenvalue weighted by Crippen LogP contribution is 2.18. The molecule has 2 aromatic carbocycles. The van der Waals surface area contributed by atoms with E-state index in [2.05, 4.69) is 36.5 Å². The first-order valence-corrected chi connectivity index (χ1v) is 10.4. The molecule has 5 nitrogen and oxygen atoms in total. The third-order valence-electron chi connectivity index (χ3n) is 4.54. The maximum Gasteiger partial charge on any atom is 0.242 e. The maximum absolute atomic E-state index is 12.9. The van der Waals surface area contributed by atoms with Crippen LogP contribution in [-0.2, 0) is 21.9 Å². The molecule has 6 heteroatoms. The van der Waals surface area contributed by atoms with Crippen molar-refractivity contribution in [3.63, 3.8) is 0 Å². The molecule has 150 valence electrons. The molecule has 0 saturated carbocycles. The number of thioether (sulfide) groups is 1. The second kappa shape index (κ2) is 10.8. The van der Waals surface area contributed by atoms with Gasteiger partial charge in [-0.3, -0.25) is 9.59 Å². The Labute approximate surface area is 171 Å². The van der Waals surface area contributed by atoms with Crippen LogP contribution in [0.3, 0.4) is 0 Å². The SMILES string of the molecule is CNC(=O)C(C)N(Cc1ccc(OC)cc1)C(=O)CSCc1ccc(C)cc1. The Hall–Kier alpha value is -2.47. The van der Waals surface area contributed by atoms with Crippen LogP contribution in [0.5, 0.6) is 5.75 Å². The fourth-order valence-electron chi connectivity index (χ4n) is 2.74. The molecular formula is C22H28N2O3S. The molecule has 2 rings (SSSR count). The molecule has 0 fully saturated rings. The number of rotatable bonds is 9. The molecule has 0 heterocycles. The molecule has 0 spiro atoms. The van der Waals surface area contributed by atoms with E-state index in [1.807, 2.05) is 24.3 Å². The molecule has 2 amide bonds. The van der Waals surface area contributed by atoms with Crippen LogP contribution < -0.4 is 10.1 Å². The highest BCUT2D eigenvalue weighted by atomic mass is 32.2. The maximum atomic E-state index is 12.9. The van der Waals surface area contributed by atoms with Gasteiger partial charge >= 0.3 is 0 Å². The van der Waals surface area contributed by atoms with Gasteiger partial charge in [-0.25, -0.2) is 0 Å². The molecule has 0 radical (unpaired) electrons. The van der Waals surface area contributed by atoms with E-state index in [0.717, 1.165) is 17.1 Å². The van der Waals surface area contributed by atoms with Crippen LogP contribution in [0.2, 0.25) is 0 Å². The highest BCUT2D eigenvalue weighted by Gasteiger charge is 2.25. The number of benzene rings is 2. The number of hydrogen-bond acceptors (Lipinski definition) is 4. The average Bonchev–Trinajstić information content (AvgIpc) is 2.72. The first-order chi connectivity index (χ1) is 13.4. The zero-order valence-electron chi connectivity index (χ0n) is 16.9. The van der Waals surface area contributed by atoms with E-state index in [1.165, 1.54) is 11.1 Å². The second-order valence-electron chi connectivity index (χ2n) is 6.64. The molecule has 1 atom stereocenters. The summed E-state index contributed by atoms with van der Waals surface area (Å²) in [7, 11) is 3.20. The second-order valence-corrected chi connectivity index (χ2v) is 7.62. The lowest BCUT2D eigenvalue weighted by Gasteiger charge is -2.28. The van der Waals surface area contributed by atoms with Crippen LogP contribution in [0.1, 0.15) is 23.6 Å². The van der Waals surface area contributed by atoms with Gasteiger partial charge in [-0.2, -0.15) is 0 Å². The summed E-state index contributed by atoms with van der Waals surface area (Å²) in [5.41, 5.74) is 3.35. The van der Waals surface area contributed by atoms with Crippen molar-refractivity contribution >= 4 is 23.6 Å². The van der Waals surface area contributed by atoms with Crippen molar-refractivity contribution in [2.45, 2.75) is 32.2 Å². The summed E-state index contributed by atoms with van der Waals surface area (Å²) in [6.07, 6.45) is 0. The first kappa shape index (κ1) is 21.8. The highest BCUT2D eigenvalue weighted by molar-refractivity contribution is 7.99. The number of aryl methyl sites for hydroxylation is 1. The van der Waals surface area contributed by atoms with Gasteiger partial charge in [0.1, 0.15) is 11.8 Å². The van der Waals surface area contributed by atoms with E-state index in [4.69, 9.17) is 4.74 Å². The molecule has 2 aromatic rings. The Balaban J connectivity index is 2.02. The van der Waals surface area contributed by atoms with Crippen LogP contribution in [0, 0.1) is 6.92 Å². The van der Waals surface area contributed by atoms with E-state index in [1.54, 1.807) is 37.7 Å². The number of carbonyl (C=O) groups excluding carboxylic acids is 2. The Bertz CT molecular complexity index is 775. The molecule has 0 aliphatic rings. The number of nitrogens with one attached hydrogen (secondary N) is 1. The van der Waals surface area contributed by atoms with E-state index in [9.17, 15) is 9.59 Å². The lowest BCUT2D eigenvalue weighted by molar-refractivity contribution is -0.138. The number of likely N-dealkylation sites (N-methyl/N-ethyl adjacent to an activating group) is 1. The van der Waals surface area contributed by atoms with Crippen molar-refractivity contribution < 1.29 is 14.3 Å². The van der Waals surface area contributed by atoms with Crippen LogP contribution in [-0.4, -0.2) is 42.7 Å². The molecule has 1 N–H and O–H groups in total. The van der Waals surface area contributed by atoms with Crippen molar-refractivity contribution in [1.29, 1.82) is 0 Å². The van der Waals surface area contributed by atoms with E-state index in [-0.39, 0.29) is 11.8 Å². The Morgan fingerprint density at radius 2 is 1.68 bits per heavy atom. The normalized spacial score (nSPS) is 11.6. The minimum absolute atomic E-state index is 0.0518. The minimum Gasteiger partial charge on any atom is -0.497 e. The van der Waals surface area contributed by atoms with Gasteiger partial charge in [0, 0.05) is 19.3 Å². The van der Waals surface area contributed by atoms with Crippen LogP contribution in [0.4, 0.5) is 0 Å². The van der Waals surface area contributed by atoms with Gasteiger partial charge in [-0.15, -0.1) is 11.8 Å². The summed E-state index contributed by atoms with van der Waals surface area (Å²) in [6, 6.07) is 15.3. The molecular weight excluding hydrogens is 372 g/mol. The summed E-state index contributed by atoms with van der Waals surface area (Å²) in [5.74, 6) is 1.62. The first-order valence-electron chi connectivity index (χ1n) is 9.22. The van der Waals surface area contributed by atoms with Gasteiger partial charge in [-0.05, 0) is 37.1 Å². The van der Waals surface area contributed by atoms with Crippen molar-refractivity contribution in [2.75, 3.05) is 19.9 Å². The minimum atomic E-state index is -0.542. The molecule has 28 heavy (non-hydrogen) atoms. The van der Waals surface area contributed by atoms with Gasteiger partial charge in [0.2, 0.25) is 11.8 Å². The molecule has 0 aliphatic heterocycles. The van der Waals surface area contributed by atoms with Crippen molar-refractivity contribution in [2.24, 2.45) is 0 Å². The largest absolute Gasteiger partial charge is 0.497 e. The van der Waals surface area contributed by atoms with Crippen molar-refractivity contribution in [1.82, 2.24) is 10.2 Å². The van der Waals surface area contributed by atoms with Crippen molar-refractivity contribution in [3.05, 3.63) is 65.2 Å². The molecule has 0 bridgehead atoms. The monoisotopic (exact) mass is 400 g/mol. The summed E-state index contributed by atoms with van der Waals surface area (Å²) in [6.45, 7) is 4.19. The van der Waals surface area contributed by atoms with E-state index >= 15 is 0 Å². The molecule has 0 aliphatic carbocycles. The fourth-order valence-corrected chi connectivity index (χ4v) is 3.61.